The third kappa shape index (κ3) is 5.12. The van der Waals surface area contributed by atoms with Crippen molar-refractivity contribution in [3.8, 4) is 0 Å². The van der Waals surface area contributed by atoms with Crippen LogP contribution in [0.4, 0.5) is 0 Å². The zero-order chi connectivity index (χ0) is 15.1. The molecule has 1 fully saturated rings. The van der Waals surface area contributed by atoms with E-state index in [1.807, 2.05) is 0 Å². The van der Waals surface area contributed by atoms with Crippen LogP contribution >= 0.6 is 0 Å². The van der Waals surface area contributed by atoms with Crippen LogP contribution < -0.4 is 5.32 Å². The molecule has 1 aromatic carbocycles. The minimum atomic E-state index is 0.469. The van der Waals surface area contributed by atoms with E-state index in [4.69, 9.17) is 0 Å². The SMILES string of the molecule is CCNC(c1ccccc1)C(C)CN1CCCC(C)CC1. The van der Waals surface area contributed by atoms with Crippen LogP contribution in [0.2, 0.25) is 0 Å². The Bertz CT molecular complexity index is 390. The van der Waals surface area contributed by atoms with Gasteiger partial charge in [-0.25, -0.2) is 0 Å². The smallest absolute Gasteiger partial charge is 0.0358 e. The first kappa shape index (κ1) is 16.5. The predicted octanol–water partition coefficient (Wildman–Crippen LogP) is 4.10. The topological polar surface area (TPSA) is 15.3 Å². The Labute approximate surface area is 130 Å². The molecule has 118 valence electrons. The van der Waals surface area contributed by atoms with Crippen molar-refractivity contribution in [1.82, 2.24) is 10.2 Å². The first-order valence-corrected chi connectivity index (χ1v) is 8.71. The molecule has 0 aliphatic carbocycles. The summed E-state index contributed by atoms with van der Waals surface area (Å²) in [5, 5.41) is 3.69. The maximum atomic E-state index is 3.69. The molecular weight excluding hydrogens is 256 g/mol. The second kappa shape index (κ2) is 8.55. The van der Waals surface area contributed by atoms with E-state index >= 15 is 0 Å². The molecule has 0 radical (unpaired) electrons. The highest BCUT2D eigenvalue weighted by molar-refractivity contribution is 5.19. The van der Waals surface area contributed by atoms with Crippen LogP contribution in [0.3, 0.4) is 0 Å². The predicted molar refractivity (Wildman–Crippen MR) is 91.5 cm³/mol. The van der Waals surface area contributed by atoms with Gasteiger partial charge in [-0.05, 0) is 56.3 Å². The van der Waals surface area contributed by atoms with Crippen molar-refractivity contribution in [3.63, 3.8) is 0 Å². The third-order valence-electron chi connectivity index (χ3n) is 4.81. The van der Waals surface area contributed by atoms with Gasteiger partial charge < -0.3 is 10.2 Å². The zero-order valence-corrected chi connectivity index (χ0v) is 14.0. The van der Waals surface area contributed by atoms with Crippen LogP contribution in [-0.4, -0.2) is 31.1 Å². The molecule has 0 amide bonds. The van der Waals surface area contributed by atoms with Gasteiger partial charge >= 0.3 is 0 Å². The molecule has 2 rings (SSSR count). The Morgan fingerprint density at radius 3 is 2.67 bits per heavy atom. The van der Waals surface area contributed by atoms with E-state index in [9.17, 15) is 0 Å². The summed E-state index contributed by atoms with van der Waals surface area (Å²) in [6.07, 6.45) is 4.13. The lowest BCUT2D eigenvalue weighted by Crippen LogP contribution is -2.36. The lowest BCUT2D eigenvalue weighted by Gasteiger charge is -2.30. The monoisotopic (exact) mass is 288 g/mol. The maximum Gasteiger partial charge on any atom is 0.0358 e. The summed E-state index contributed by atoms with van der Waals surface area (Å²) in [5.41, 5.74) is 1.43. The molecular formula is C19H32N2. The van der Waals surface area contributed by atoms with Crippen molar-refractivity contribution >= 4 is 0 Å². The minimum Gasteiger partial charge on any atom is -0.310 e. The second-order valence-corrected chi connectivity index (χ2v) is 6.76. The molecule has 3 unspecified atom stereocenters. The molecule has 3 atom stereocenters. The Kier molecular flexibility index (Phi) is 6.72. The van der Waals surface area contributed by atoms with E-state index in [-0.39, 0.29) is 0 Å². The van der Waals surface area contributed by atoms with Gasteiger partial charge in [-0.3, -0.25) is 0 Å². The van der Waals surface area contributed by atoms with Gasteiger partial charge in [-0.2, -0.15) is 0 Å². The molecule has 1 saturated heterocycles. The average molecular weight is 288 g/mol. The molecule has 2 nitrogen and oxygen atoms in total. The van der Waals surface area contributed by atoms with Gasteiger partial charge in [0.25, 0.3) is 0 Å². The summed E-state index contributed by atoms with van der Waals surface area (Å²) in [7, 11) is 0. The molecule has 1 aliphatic heterocycles. The van der Waals surface area contributed by atoms with E-state index in [0.29, 0.717) is 12.0 Å². The van der Waals surface area contributed by atoms with Crippen molar-refractivity contribution in [3.05, 3.63) is 35.9 Å². The van der Waals surface area contributed by atoms with Gasteiger partial charge in [0.2, 0.25) is 0 Å². The highest BCUT2D eigenvalue weighted by Gasteiger charge is 2.22. The molecule has 2 heteroatoms. The van der Waals surface area contributed by atoms with E-state index in [1.54, 1.807) is 0 Å². The fraction of sp³-hybridized carbons (Fsp3) is 0.684. The van der Waals surface area contributed by atoms with Crippen LogP contribution in [0.1, 0.15) is 51.6 Å². The maximum absolute atomic E-state index is 3.69. The summed E-state index contributed by atoms with van der Waals surface area (Å²) < 4.78 is 0. The second-order valence-electron chi connectivity index (χ2n) is 6.76. The number of nitrogens with zero attached hydrogens (tertiary/aromatic N) is 1. The Balaban J connectivity index is 1.96. The average Bonchev–Trinajstić information content (AvgIpc) is 2.70. The summed E-state index contributed by atoms with van der Waals surface area (Å²) in [6, 6.07) is 11.4. The van der Waals surface area contributed by atoms with Crippen molar-refractivity contribution in [1.29, 1.82) is 0 Å². The van der Waals surface area contributed by atoms with Crippen molar-refractivity contribution in [2.45, 2.75) is 46.1 Å². The van der Waals surface area contributed by atoms with Crippen LogP contribution in [-0.2, 0) is 0 Å². The highest BCUT2D eigenvalue weighted by atomic mass is 15.1. The van der Waals surface area contributed by atoms with Gasteiger partial charge in [0.1, 0.15) is 0 Å². The lowest BCUT2D eigenvalue weighted by molar-refractivity contribution is 0.216. The first-order valence-electron chi connectivity index (χ1n) is 8.71. The van der Waals surface area contributed by atoms with Crippen LogP contribution in [0, 0.1) is 11.8 Å². The van der Waals surface area contributed by atoms with E-state index in [0.717, 1.165) is 12.5 Å². The molecule has 0 bridgehead atoms. The number of hydrogen-bond acceptors (Lipinski definition) is 2. The lowest BCUT2D eigenvalue weighted by atomic mass is 9.93. The number of nitrogens with one attached hydrogen (secondary N) is 1. The number of hydrogen-bond donors (Lipinski definition) is 1. The van der Waals surface area contributed by atoms with Crippen molar-refractivity contribution in [2.75, 3.05) is 26.2 Å². The normalized spacial score (nSPS) is 23.5. The molecule has 1 N–H and O–H groups in total. The molecule has 0 spiro atoms. The van der Waals surface area contributed by atoms with E-state index < -0.39 is 0 Å². The zero-order valence-electron chi connectivity index (χ0n) is 14.0. The Morgan fingerprint density at radius 2 is 1.95 bits per heavy atom. The number of benzene rings is 1. The van der Waals surface area contributed by atoms with Crippen LogP contribution in [0.5, 0.6) is 0 Å². The quantitative estimate of drug-likeness (QED) is 0.848. The van der Waals surface area contributed by atoms with Crippen LogP contribution in [0.25, 0.3) is 0 Å². The molecule has 0 aromatic heterocycles. The standard InChI is InChI=1S/C19H32N2/c1-4-20-19(18-10-6-5-7-11-18)17(3)15-21-13-8-9-16(2)12-14-21/h5-7,10-11,16-17,19-20H,4,8-9,12-15H2,1-3H3. The van der Waals surface area contributed by atoms with Gasteiger partial charge in [0.05, 0.1) is 0 Å². The largest absolute Gasteiger partial charge is 0.310 e. The first-order chi connectivity index (χ1) is 10.2. The summed E-state index contributed by atoms with van der Waals surface area (Å²) >= 11 is 0. The van der Waals surface area contributed by atoms with Crippen LogP contribution in [0.15, 0.2) is 30.3 Å². The third-order valence-corrected chi connectivity index (χ3v) is 4.81. The van der Waals surface area contributed by atoms with Gasteiger partial charge in [0.15, 0.2) is 0 Å². The van der Waals surface area contributed by atoms with Crippen molar-refractivity contribution in [2.24, 2.45) is 11.8 Å². The highest BCUT2D eigenvalue weighted by Crippen LogP contribution is 2.24. The Hall–Kier alpha value is -0.860. The number of rotatable bonds is 6. The number of likely N-dealkylation sites (tertiary alicyclic amines) is 1. The molecule has 1 aromatic rings. The van der Waals surface area contributed by atoms with E-state index in [1.165, 1.54) is 44.5 Å². The summed E-state index contributed by atoms with van der Waals surface area (Å²) in [4.78, 5) is 2.68. The van der Waals surface area contributed by atoms with Gasteiger partial charge in [-0.1, -0.05) is 51.1 Å². The summed E-state index contributed by atoms with van der Waals surface area (Å²) in [5.74, 6) is 1.55. The van der Waals surface area contributed by atoms with E-state index in [2.05, 4.69) is 61.3 Å². The Morgan fingerprint density at radius 1 is 1.19 bits per heavy atom. The minimum absolute atomic E-state index is 0.469. The summed E-state index contributed by atoms with van der Waals surface area (Å²) in [6.45, 7) is 11.8. The fourth-order valence-electron chi connectivity index (χ4n) is 3.55. The molecule has 0 saturated carbocycles. The van der Waals surface area contributed by atoms with Gasteiger partial charge in [-0.15, -0.1) is 0 Å². The van der Waals surface area contributed by atoms with Crippen molar-refractivity contribution < 1.29 is 0 Å². The molecule has 1 heterocycles. The fourth-order valence-corrected chi connectivity index (χ4v) is 3.55. The molecule has 21 heavy (non-hydrogen) atoms. The van der Waals surface area contributed by atoms with Gasteiger partial charge in [0, 0.05) is 12.6 Å². The molecule has 1 aliphatic rings.